The Bertz CT molecular complexity index is 641. The molecule has 0 heterocycles. The van der Waals surface area contributed by atoms with E-state index in [1.165, 1.54) is 33.1 Å². The van der Waals surface area contributed by atoms with Crippen molar-refractivity contribution in [2.45, 2.75) is 20.8 Å². The molecule has 2 aliphatic rings. The lowest BCUT2D eigenvalue weighted by molar-refractivity contribution is 0.810. The van der Waals surface area contributed by atoms with Crippen LogP contribution in [-0.4, -0.2) is 0 Å². The molecule has 0 bridgehead atoms. The van der Waals surface area contributed by atoms with Gasteiger partial charge in [0.15, 0.2) is 0 Å². The molecule has 0 fully saturated rings. The summed E-state index contributed by atoms with van der Waals surface area (Å²) in [6, 6.07) is 6.58. The molecule has 0 heteroatoms. The normalized spacial score (nSPS) is 22.6. The van der Waals surface area contributed by atoms with E-state index in [0.717, 1.165) is 0 Å². The lowest BCUT2D eigenvalue weighted by Gasteiger charge is -2.27. The van der Waals surface area contributed by atoms with Crippen LogP contribution in [0.5, 0.6) is 0 Å². The molecule has 0 amide bonds. The predicted molar refractivity (Wildman–Crippen MR) is 73.6 cm³/mol. The first-order valence-electron chi connectivity index (χ1n) is 6.23. The Balaban J connectivity index is 2.39. The lowest BCUT2D eigenvalue weighted by Crippen LogP contribution is -2.35. The summed E-state index contributed by atoms with van der Waals surface area (Å²) in [7, 11) is 0. The average Bonchev–Trinajstić information content (AvgIpc) is 2.32. The summed E-state index contributed by atoms with van der Waals surface area (Å²) in [5.41, 5.74) is 4.20. The van der Waals surface area contributed by atoms with E-state index in [-0.39, 0.29) is 0 Å². The number of benzene rings is 1. The van der Waals surface area contributed by atoms with Crippen LogP contribution in [0.15, 0.2) is 42.0 Å². The van der Waals surface area contributed by atoms with Crippen molar-refractivity contribution in [3.05, 3.63) is 63.9 Å². The summed E-state index contributed by atoms with van der Waals surface area (Å²) in [6.07, 6.45) is 9.07. The van der Waals surface area contributed by atoms with Crippen molar-refractivity contribution in [3.8, 4) is 0 Å². The molecule has 1 atom stereocenters. The van der Waals surface area contributed by atoms with Crippen molar-refractivity contribution in [1.29, 1.82) is 0 Å². The molecule has 85 valence electrons. The first-order chi connectivity index (χ1) is 8.18. The van der Waals surface area contributed by atoms with Gasteiger partial charge in [-0.05, 0) is 46.9 Å². The third kappa shape index (κ3) is 1.51. The Hall–Kier alpha value is -1.56. The summed E-state index contributed by atoms with van der Waals surface area (Å²) in [6.45, 7) is 6.70. The van der Waals surface area contributed by atoms with E-state index in [9.17, 15) is 0 Å². The minimum atomic E-state index is 0.526. The van der Waals surface area contributed by atoms with E-state index >= 15 is 0 Å². The first kappa shape index (κ1) is 10.6. The number of rotatable bonds is 0. The fourth-order valence-electron chi connectivity index (χ4n) is 2.81. The monoisotopic (exact) mass is 221 g/mol. The van der Waals surface area contributed by atoms with E-state index in [0.29, 0.717) is 5.92 Å². The molecular formula is C17H17. The van der Waals surface area contributed by atoms with Gasteiger partial charge in [-0.25, -0.2) is 0 Å². The molecule has 0 saturated carbocycles. The first-order valence-corrected chi connectivity index (χ1v) is 6.23. The zero-order valence-electron chi connectivity index (χ0n) is 10.6. The number of hydrogen-bond donors (Lipinski definition) is 0. The molecule has 1 radical (unpaired) electrons. The largest absolute Gasteiger partial charge is 0.0804 e. The highest BCUT2D eigenvalue weighted by Crippen LogP contribution is 2.35. The van der Waals surface area contributed by atoms with Crippen LogP contribution >= 0.6 is 0 Å². The van der Waals surface area contributed by atoms with Crippen molar-refractivity contribution >= 4 is 11.6 Å². The van der Waals surface area contributed by atoms with Gasteiger partial charge >= 0.3 is 0 Å². The second-order valence-electron chi connectivity index (χ2n) is 5.01. The van der Waals surface area contributed by atoms with Crippen LogP contribution in [0.25, 0.3) is 11.6 Å². The molecule has 1 aromatic rings. The summed E-state index contributed by atoms with van der Waals surface area (Å²) >= 11 is 0. The van der Waals surface area contributed by atoms with Gasteiger partial charge in [0.25, 0.3) is 0 Å². The molecule has 0 nitrogen and oxygen atoms in total. The van der Waals surface area contributed by atoms with Gasteiger partial charge in [0.2, 0.25) is 0 Å². The van der Waals surface area contributed by atoms with Crippen LogP contribution in [0.1, 0.15) is 19.4 Å². The van der Waals surface area contributed by atoms with E-state index in [2.05, 4.69) is 63.3 Å². The maximum absolute atomic E-state index is 2.37. The van der Waals surface area contributed by atoms with Gasteiger partial charge in [-0.3, -0.25) is 0 Å². The highest BCUT2D eigenvalue weighted by atomic mass is 14.3. The highest BCUT2D eigenvalue weighted by Gasteiger charge is 2.24. The van der Waals surface area contributed by atoms with Crippen molar-refractivity contribution in [3.63, 3.8) is 0 Å². The SMILES string of the molecule is CC1=c2cccc(C)c2=C[C]2C1=CC=CC2C. The summed E-state index contributed by atoms with van der Waals surface area (Å²) < 4.78 is 0. The standard InChI is InChI=1S/C17H17/c1-11-6-4-8-14-13(3)15-9-5-7-12(2)17(15)10-16(11)14/h4-11H,1-3H3. The van der Waals surface area contributed by atoms with E-state index in [1.807, 2.05) is 0 Å². The fourth-order valence-corrected chi connectivity index (χ4v) is 2.81. The number of fused-ring (bicyclic) bond motifs is 2. The van der Waals surface area contributed by atoms with Crippen LogP contribution in [0.4, 0.5) is 0 Å². The highest BCUT2D eigenvalue weighted by molar-refractivity contribution is 5.80. The smallest absolute Gasteiger partial charge is 0.0341 e. The second kappa shape index (κ2) is 3.73. The maximum Gasteiger partial charge on any atom is 0.0341 e. The van der Waals surface area contributed by atoms with E-state index < -0.39 is 0 Å². The Morgan fingerprint density at radius 3 is 2.76 bits per heavy atom. The van der Waals surface area contributed by atoms with Gasteiger partial charge in [0.05, 0.1) is 0 Å². The topological polar surface area (TPSA) is 0 Å². The van der Waals surface area contributed by atoms with Crippen LogP contribution in [0, 0.1) is 18.8 Å². The molecule has 0 N–H and O–H groups in total. The summed E-state index contributed by atoms with van der Waals surface area (Å²) in [5, 5.41) is 2.79. The minimum Gasteiger partial charge on any atom is -0.0804 e. The molecule has 17 heavy (non-hydrogen) atoms. The predicted octanol–water partition coefficient (Wildman–Crippen LogP) is 2.67. The minimum absolute atomic E-state index is 0.526. The van der Waals surface area contributed by atoms with Crippen molar-refractivity contribution in [2.24, 2.45) is 5.92 Å². The fraction of sp³-hybridized carbons (Fsp3) is 0.235. The number of aryl methyl sites for hydroxylation is 1. The van der Waals surface area contributed by atoms with Crippen LogP contribution in [-0.2, 0) is 0 Å². The van der Waals surface area contributed by atoms with E-state index in [1.54, 1.807) is 0 Å². The molecular weight excluding hydrogens is 204 g/mol. The van der Waals surface area contributed by atoms with E-state index in [4.69, 9.17) is 0 Å². The molecule has 0 saturated heterocycles. The van der Waals surface area contributed by atoms with Crippen molar-refractivity contribution in [1.82, 2.24) is 0 Å². The summed E-state index contributed by atoms with van der Waals surface area (Å²) in [5.74, 6) is 1.99. The van der Waals surface area contributed by atoms with Gasteiger partial charge in [-0.15, -0.1) is 0 Å². The number of hydrogen-bond acceptors (Lipinski definition) is 0. The Kier molecular flexibility index (Phi) is 2.32. The second-order valence-corrected chi connectivity index (χ2v) is 5.01. The summed E-state index contributed by atoms with van der Waals surface area (Å²) in [4.78, 5) is 0. The zero-order valence-corrected chi connectivity index (χ0v) is 10.6. The van der Waals surface area contributed by atoms with Gasteiger partial charge < -0.3 is 0 Å². The zero-order chi connectivity index (χ0) is 12.0. The van der Waals surface area contributed by atoms with Gasteiger partial charge in [0.1, 0.15) is 0 Å². The third-order valence-electron chi connectivity index (χ3n) is 3.90. The number of allylic oxidation sites excluding steroid dienone is 4. The van der Waals surface area contributed by atoms with Crippen LogP contribution < -0.4 is 10.4 Å². The molecule has 3 rings (SSSR count). The molecule has 0 spiro atoms. The van der Waals surface area contributed by atoms with Gasteiger partial charge in [0, 0.05) is 5.92 Å². The van der Waals surface area contributed by atoms with Crippen LogP contribution in [0.2, 0.25) is 0 Å². The van der Waals surface area contributed by atoms with Crippen molar-refractivity contribution in [2.75, 3.05) is 0 Å². The maximum atomic E-state index is 2.37. The lowest BCUT2D eigenvalue weighted by atomic mass is 9.76. The molecule has 0 aromatic heterocycles. The van der Waals surface area contributed by atoms with Gasteiger partial charge in [-0.1, -0.05) is 49.4 Å². The Labute approximate surface area is 103 Å². The molecule has 1 unspecified atom stereocenters. The van der Waals surface area contributed by atoms with Gasteiger partial charge in [-0.2, -0.15) is 0 Å². The quantitative estimate of drug-likeness (QED) is 0.632. The molecule has 2 aliphatic carbocycles. The average molecular weight is 221 g/mol. The Morgan fingerprint density at radius 1 is 1.12 bits per heavy atom. The molecule has 0 aliphatic heterocycles. The van der Waals surface area contributed by atoms with Crippen molar-refractivity contribution < 1.29 is 0 Å². The third-order valence-corrected chi connectivity index (χ3v) is 3.90. The molecule has 1 aromatic carbocycles. The van der Waals surface area contributed by atoms with Crippen LogP contribution in [0.3, 0.4) is 0 Å². The Morgan fingerprint density at radius 2 is 1.94 bits per heavy atom.